The van der Waals surface area contributed by atoms with E-state index < -0.39 is 0 Å². The van der Waals surface area contributed by atoms with Gasteiger partial charge in [0.2, 0.25) is 0 Å². The fourth-order valence-corrected chi connectivity index (χ4v) is 0. The predicted molar refractivity (Wildman–Crippen MR) is 7.59 cm³/mol. The van der Waals surface area contributed by atoms with Crippen molar-refractivity contribution in [1.82, 2.24) is 0 Å². The van der Waals surface area contributed by atoms with E-state index in [0.29, 0.717) is 0 Å². The number of hydrogen-bond acceptors (Lipinski definition) is 1. The Balaban J connectivity index is -0.00000000500. The normalized spacial score (nSPS) is 1.00. The van der Waals surface area contributed by atoms with Crippen molar-refractivity contribution in [2.45, 2.75) is 0 Å². The van der Waals surface area contributed by atoms with Gasteiger partial charge in [-0.3, -0.25) is 0 Å². The third kappa shape index (κ3) is 8.93. The van der Waals surface area contributed by atoms with E-state index in [1.54, 1.807) is 0 Å². The van der Waals surface area contributed by atoms with Crippen LogP contribution in [0.3, 0.4) is 0 Å². The molecule has 0 amide bonds. The van der Waals surface area contributed by atoms with E-state index in [1.165, 1.54) is 18.0 Å². The molecule has 0 heterocycles. The Morgan fingerprint density at radius 2 is 1.25 bits per heavy atom. The van der Waals surface area contributed by atoms with Crippen LogP contribution in [-0.4, -0.2) is 0 Å². The molecular weight excluding hydrogens is 371 g/mol. The summed E-state index contributed by atoms with van der Waals surface area (Å²) >= 11 is 1.17. The summed E-state index contributed by atoms with van der Waals surface area (Å²) < 4.78 is 0. The topological polar surface area (TPSA) is 0 Å². The van der Waals surface area contributed by atoms with E-state index in [2.05, 4.69) is 9.82 Å². The SMILES string of the molecule is [Co].[Mo].[S]=[W]. The molecule has 0 bridgehead atoms. The Morgan fingerprint density at radius 1 is 1.25 bits per heavy atom. The second-order valence-electron chi connectivity index (χ2n) is 0. The molecule has 0 spiro atoms. The minimum absolute atomic E-state index is 0. The van der Waals surface area contributed by atoms with E-state index in [9.17, 15) is 0 Å². The van der Waals surface area contributed by atoms with E-state index in [-0.39, 0.29) is 37.8 Å². The molecule has 0 aliphatic carbocycles. The van der Waals surface area contributed by atoms with Gasteiger partial charge in [-0.15, -0.1) is 0 Å². The third-order valence-electron chi connectivity index (χ3n) is 0. The Morgan fingerprint density at radius 3 is 1.25 bits per heavy atom. The maximum atomic E-state index is 4.17. The minimum atomic E-state index is 0. The second kappa shape index (κ2) is 19.4. The Bertz CT molecular complexity index is 8.00. The molecular formula is CoMoSW. The monoisotopic (exact) mass is 373 g/mol. The van der Waals surface area contributed by atoms with Crippen molar-refractivity contribution in [3.05, 3.63) is 0 Å². The van der Waals surface area contributed by atoms with Crippen molar-refractivity contribution in [3.63, 3.8) is 0 Å². The summed E-state index contributed by atoms with van der Waals surface area (Å²) in [6.07, 6.45) is 0. The van der Waals surface area contributed by atoms with Crippen LogP contribution in [0.4, 0.5) is 0 Å². The molecule has 0 aromatic rings. The molecule has 0 saturated carbocycles. The zero-order chi connectivity index (χ0) is 2.00. The van der Waals surface area contributed by atoms with Crippen LogP contribution in [-0.2, 0) is 55.8 Å². The van der Waals surface area contributed by atoms with Crippen molar-refractivity contribution >= 4 is 9.82 Å². The number of rotatable bonds is 0. The molecule has 0 unspecified atom stereocenters. The molecule has 0 fully saturated rings. The summed E-state index contributed by atoms with van der Waals surface area (Å²) in [6, 6.07) is 0. The third-order valence-corrected chi connectivity index (χ3v) is 0. The van der Waals surface area contributed by atoms with Crippen LogP contribution < -0.4 is 0 Å². The maximum absolute atomic E-state index is 4.17. The van der Waals surface area contributed by atoms with Crippen molar-refractivity contribution in [3.8, 4) is 0 Å². The van der Waals surface area contributed by atoms with Gasteiger partial charge >= 0.3 is 27.8 Å². The average molecular weight is 371 g/mol. The van der Waals surface area contributed by atoms with E-state index in [0.717, 1.165) is 0 Å². The molecule has 0 aliphatic heterocycles. The summed E-state index contributed by atoms with van der Waals surface area (Å²) in [6.45, 7) is 0. The van der Waals surface area contributed by atoms with Gasteiger partial charge in [0.05, 0.1) is 0 Å². The van der Waals surface area contributed by atoms with Crippen LogP contribution in [0.5, 0.6) is 0 Å². The molecule has 4 heteroatoms. The second-order valence-corrected chi connectivity index (χ2v) is 0. The van der Waals surface area contributed by atoms with Crippen molar-refractivity contribution in [2.75, 3.05) is 0 Å². The first-order valence-corrected chi connectivity index (χ1v) is 4.09. The van der Waals surface area contributed by atoms with Crippen LogP contribution in [0.1, 0.15) is 0 Å². The summed E-state index contributed by atoms with van der Waals surface area (Å²) in [5.41, 5.74) is 0. The molecule has 27 valence electrons. The van der Waals surface area contributed by atoms with Crippen LogP contribution in [0.2, 0.25) is 0 Å². The zero-order valence-corrected chi connectivity index (χ0v) is 8.36. The van der Waals surface area contributed by atoms with E-state index >= 15 is 0 Å². The fraction of sp³-hybridized carbons (Fsp3) is 0. The molecule has 4 heavy (non-hydrogen) atoms. The summed E-state index contributed by atoms with van der Waals surface area (Å²) in [4.78, 5) is 0. The van der Waals surface area contributed by atoms with Gasteiger partial charge in [0.1, 0.15) is 0 Å². The Labute approximate surface area is 64.9 Å². The Kier molecular flexibility index (Phi) is 80.1. The molecule has 0 nitrogen and oxygen atoms in total. The first kappa shape index (κ1) is 16.5. The van der Waals surface area contributed by atoms with Crippen molar-refractivity contribution in [1.29, 1.82) is 0 Å². The molecule has 0 atom stereocenters. The van der Waals surface area contributed by atoms with Gasteiger partial charge in [-0.1, -0.05) is 0 Å². The Hall–Kier alpha value is 2.10. The van der Waals surface area contributed by atoms with Gasteiger partial charge in [-0.2, -0.15) is 0 Å². The standard InChI is InChI=1S/Co.Mo.S.W. The van der Waals surface area contributed by atoms with Gasteiger partial charge in [-0.05, 0) is 0 Å². The van der Waals surface area contributed by atoms with Crippen LogP contribution in [0.15, 0.2) is 0 Å². The molecule has 0 N–H and O–H groups in total. The molecule has 0 aliphatic rings. The molecule has 0 saturated heterocycles. The van der Waals surface area contributed by atoms with Crippen LogP contribution >= 0.6 is 9.82 Å². The first-order chi connectivity index (χ1) is 1.00. The first-order valence-electron chi connectivity index (χ1n) is 0.167. The van der Waals surface area contributed by atoms with Crippen LogP contribution in [0, 0.1) is 0 Å². The number of hydrogen-bond donors (Lipinski definition) is 0. The molecule has 0 aromatic carbocycles. The summed E-state index contributed by atoms with van der Waals surface area (Å²) in [5, 5.41) is 0. The molecule has 0 rings (SSSR count). The zero-order valence-electron chi connectivity index (χ0n) is 1.56. The van der Waals surface area contributed by atoms with Gasteiger partial charge < -0.3 is 0 Å². The average Bonchev–Trinajstić information content (AvgIpc) is 1.00. The van der Waals surface area contributed by atoms with Gasteiger partial charge in [0, 0.05) is 37.8 Å². The predicted octanol–water partition coefficient (Wildman–Crippen LogP) is 0.641. The van der Waals surface area contributed by atoms with E-state index in [4.69, 9.17) is 0 Å². The van der Waals surface area contributed by atoms with Gasteiger partial charge in [0.15, 0.2) is 0 Å². The van der Waals surface area contributed by atoms with Gasteiger partial charge in [0.25, 0.3) is 0 Å². The van der Waals surface area contributed by atoms with Gasteiger partial charge in [-0.25, -0.2) is 0 Å². The van der Waals surface area contributed by atoms with Crippen molar-refractivity contribution in [2.24, 2.45) is 0 Å². The molecule has 0 aromatic heterocycles. The van der Waals surface area contributed by atoms with E-state index in [1.807, 2.05) is 0 Å². The van der Waals surface area contributed by atoms with Crippen molar-refractivity contribution < 1.29 is 55.8 Å². The van der Waals surface area contributed by atoms with Crippen LogP contribution in [0.25, 0.3) is 0 Å². The molecule has 1 radical (unpaired) electrons. The summed E-state index contributed by atoms with van der Waals surface area (Å²) in [7, 11) is 4.17. The fourth-order valence-electron chi connectivity index (χ4n) is 0. The summed E-state index contributed by atoms with van der Waals surface area (Å²) in [5.74, 6) is 0. The quantitative estimate of drug-likeness (QED) is 0.564.